The van der Waals surface area contributed by atoms with E-state index >= 15 is 0 Å². The highest BCUT2D eigenvalue weighted by molar-refractivity contribution is 5.44. The van der Waals surface area contributed by atoms with Gasteiger partial charge in [-0.3, -0.25) is 0 Å². The van der Waals surface area contributed by atoms with Gasteiger partial charge in [-0.1, -0.05) is 26.0 Å². The van der Waals surface area contributed by atoms with E-state index < -0.39 is 0 Å². The Hall–Kier alpha value is -2.37. The van der Waals surface area contributed by atoms with Crippen molar-refractivity contribution in [1.82, 2.24) is 15.0 Å². The summed E-state index contributed by atoms with van der Waals surface area (Å²) < 4.78 is 5.39. The molecule has 1 atom stereocenters. The van der Waals surface area contributed by atoms with E-state index in [0.29, 0.717) is 5.95 Å². The summed E-state index contributed by atoms with van der Waals surface area (Å²) in [5.74, 6) is 3.47. The van der Waals surface area contributed by atoms with E-state index in [-0.39, 0.29) is 12.0 Å². The fourth-order valence-electron chi connectivity index (χ4n) is 3.16. The van der Waals surface area contributed by atoms with Crippen molar-refractivity contribution < 1.29 is 4.74 Å². The molecule has 1 unspecified atom stereocenters. The molecule has 1 saturated heterocycles. The van der Waals surface area contributed by atoms with Crippen LogP contribution in [0, 0.1) is 0 Å². The van der Waals surface area contributed by atoms with Crippen LogP contribution in [0.2, 0.25) is 0 Å². The summed E-state index contributed by atoms with van der Waals surface area (Å²) in [6, 6.07) is 8.56. The summed E-state index contributed by atoms with van der Waals surface area (Å²) in [5, 5.41) is 0. The molecule has 0 amide bonds. The SMILES string of the molecule is COc1cccc(C2CCCN2c2nc(C(C)C)nc(N(C)C)n2)c1. The van der Waals surface area contributed by atoms with Crippen molar-refractivity contribution in [3.63, 3.8) is 0 Å². The van der Waals surface area contributed by atoms with Crippen molar-refractivity contribution in [2.45, 2.75) is 38.6 Å². The van der Waals surface area contributed by atoms with Gasteiger partial charge in [-0.2, -0.15) is 15.0 Å². The average molecular weight is 341 g/mol. The first kappa shape index (κ1) is 17.5. The lowest BCUT2D eigenvalue weighted by Gasteiger charge is -2.26. The minimum atomic E-state index is 0.262. The molecule has 6 nitrogen and oxygen atoms in total. The van der Waals surface area contributed by atoms with Crippen LogP contribution in [0.3, 0.4) is 0 Å². The number of methoxy groups -OCH3 is 1. The normalized spacial score (nSPS) is 17.2. The first-order valence-corrected chi connectivity index (χ1v) is 8.83. The molecule has 1 fully saturated rings. The molecular formula is C19H27N5O. The van der Waals surface area contributed by atoms with Gasteiger partial charge in [-0.15, -0.1) is 0 Å². The Kier molecular flexibility index (Phi) is 5.06. The van der Waals surface area contributed by atoms with Gasteiger partial charge in [0.15, 0.2) is 0 Å². The second kappa shape index (κ2) is 7.25. The van der Waals surface area contributed by atoms with Gasteiger partial charge in [-0.05, 0) is 30.5 Å². The van der Waals surface area contributed by atoms with Gasteiger partial charge in [0.1, 0.15) is 11.6 Å². The first-order valence-electron chi connectivity index (χ1n) is 8.83. The van der Waals surface area contributed by atoms with Gasteiger partial charge < -0.3 is 14.5 Å². The van der Waals surface area contributed by atoms with E-state index in [1.54, 1.807) is 7.11 Å². The number of anilines is 2. The summed E-state index contributed by atoms with van der Waals surface area (Å²) >= 11 is 0. The molecule has 0 aliphatic carbocycles. The van der Waals surface area contributed by atoms with E-state index in [2.05, 4.69) is 35.9 Å². The third-order valence-electron chi connectivity index (χ3n) is 4.53. The zero-order chi connectivity index (χ0) is 18.0. The summed E-state index contributed by atoms with van der Waals surface area (Å²) in [5.41, 5.74) is 1.25. The van der Waals surface area contributed by atoms with Crippen LogP contribution in [0.1, 0.15) is 50.0 Å². The van der Waals surface area contributed by atoms with Crippen LogP contribution in [-0.2, 0) is 0 Å². The predicted molar refractivity (Wildman–Crippen MR) is 101 cm³/mol. The number of rotatable bonds is 5. The first-order chi connectivity index (χ1) is 12.0. The van der Waals surface area contributed by atoms with Crippen LogP contribution in [0.25, 0.3) is 0 Å². The Labute approximate surface area is 149 Å². The number of ether oxygens (including phenoxy) is 1. The second-order valence-electron chi connectivity index (χ2n) is 6.97. The molecule has 1 aromatic carbocycles. The summed E-state index contributed by atoms with van der Waals surface area (Å²) in [6.45, 7) is 5.18. The summed E-state index contributed by atoms with van der Waals surface area (Å²) in [7, 11) is 5.63. The van der Waals surface area contributed by atoms with Crippen LogP contribution >= 0.6 is 0 Å². The van der Waals surface area contributed by atoms with Crippen LogP contribution in [0.4, 0.5) is 11.9 Å². The molecule has 1 aliphatic rings. The molecule has 1 aromatic heterocycles. The number of benzene rings is 1. The maximum Gasteiger partial charge on any atom is 0.230 e. The Morgan fingerprint density at radius 3 is 2.68 bits per heavy atom. The number of hydrogen-bond acceptors (Lipinski definition) is 6. The van der Waals surface area contributed by atoms with Crippen LogP contribution in [-0.4, -0.2) is 42.7 Å². The topological polar surface area (TPSA) is 54.4 Å². The van der Waals surface area contributed by atoms with Crippen LogP contribution < -0.4 is 14.5 Å². The Morgan fingerprint density at radius 1 is 1.20 bits per heavy atom. The van der Waals surface area contributed by atoms with E-state index in [1.165, 1.54) is 5.56 Å². The highest BCUT2D eigenvalue weighted by Gasteiger charge is 2.29. The van der Waals surface area contributed by atoms with Crippen molar-refractivity contribution in [2.24, 2.45) is 0 Å². The lowest BCUT2D eigenvalue weighted by molar-refractivity contribution is 0.413. The lowest BCUT2D eigenvalue weighted by atomic mass is 10.0. The minimum Gasteiger partial charge on any atom is -0.497 e. The Bertz CT molecular complexity index is 705. The van der Waals surface area contributed by atoms with Crippen molar-refractivity contribution in [3.8, 4) is 5.75 Å². The predicted octanol–water partition coefficient (Wildman–Crippen LogP) is 3.41. The van der Waals surface area contributed by atoms with Crippen molar-refractivity contribution in [3.05, 3.63) is 35.7 Å². The Morgan fingerprint density at radius 2 is 2.00 bits per heavy atom. The number of nitrogens with zero attached hydrogens (tertiary/aromatic N) is 5. The van der Waals surface area contributed by atoms with Crippen molar-refractivity contribution >= 4 is 11.9 Å². The molecule has 0 radical (unpaired) electrons. The monoisotopic (exact) mass is 341 g/mol. The second-order valence-corrected chi connectivity index (χ2v) is 6.97. The molecule has 6 heteroatoms. The highest BCUT2D eigenvalue weighted by Crippen LogP contribution is 2.36. The third-order valence-corrected chi connectivity index (χ3v) is 4.53. The molecule has 2 heterocycles. The molecule has 1 aliphatic heterocycles. The molecule has 0 saturated carbocycles. The molecule has 2 aromatic rings. The number of hydrogen-bond donors (Lipinski definition) is 0. The molecule has 0 N–H and O–H groups in total. The van der Waals surface area contributed by atoms with Gasteiger partial charge in [0, 0.05) is 26.6 Å². The lowest BCUT2D eigenvalue weighted by Crippen LogP contribution is -2.27. The maximum atomic E-state index is 5.39. The van der Waals surface area contributed by atoms with Crippen LogP contribution in [0.15, 0.2) is 24.3 Å². The van der Waals surface area contributed by atoms with Gasteiger partial charge >= 0.3 is 0 Å². The minimum absolute atomic E-state index is 0.262. The van der Waals surface area contributed by atoms with Crippen LogP contribution in [0.5, 0.6) is 5.75 Å². The van der Waals surface area contributed by atoms with E-state index in [9.17, 15) is 0 Å². The zero-order valence-electron chi connectivity index (χ0n) is 15.7. The smallest absolute Gasteiger partial charge is 0.230 e. The maximum absolute atomic E-state index is 5.39. The fraction of sp³-hybridized carbons (Fsp3) is 0.526. The molecule has 25 heavy (non-hydrogen) atoms. The highest BCUT2D eigenvalue weighted by atomic mass is 16.5. The Balaban J connectivity index is 1.99. The van der Waals surface area contributed by atoms with E-state index in [0.717, 1.165) is 36.9 Å². The fourth-order valence-corrected chi connectivity index (χ4v) is 3.16. The molecule has 0 spiro atoms. The van der Waals surface area contributed by atoms with E-state index in [1.807, 2.05) is 31.1 Å². The van der Waals surface area contributed by atoms with Gasteiger partial charge in [-0.25, -0.2) is 0 Å². The van der Waals surface area contributed by atoms with Gasteiger partial charge in [0.2, 0.25) is 11.9 Å². The molecule has 3 rings (SSSR count). The summed E-state index contributed by atoms with van der Waals surface area (Å²) in [4.78, 5) is 18.3. The largest absolute Gasteiger partial charge is 0.497 e. The van der Waals surface area contributed by atoms with Crippen molar-refractivity contribution in [2.75, 3.05) is 37.5 Å². The summed E-state index contributed by atoms with van der Waals surface area (Å²) in [6.07, 6.45) is 2.22. The number of aromatic nitrogens is 3. The zero-order valence-corrected chi connectivity index (χ0v) is 15.7. The standard InChI is InChI=1S/C19H27N5O/c1-13(2)17-20-18(23(3)4)22-19(21-17)24-11-7-10-16(24)14-8-6-9-15(12-14)25-5/h6,8-9,12-13,16H,7,10-11H2,1-5H3. The molecular weight excluding hydrogens is 314 g/mol. The third kappa shape index (κ3) is 3.67. The molecule has 0 bridgehead atoms. The van der Waals surface area contributed by atoms with Crippen molar-refractivity contribution in [1.29, 1.82) is 0 Å². The van der Waals surface area contributed by atoms with Gasteiger partial charge in [0.05, 0.1) is 13.2 Å². The molecule has 134 valence electrons. The average Bonchev–Trinajstić information content (AvgIpc) is 3.11. The van der Waals surface area contributed by atoms with Gasteiger partial charge in [0.25, 0.3) is 0 Å². The van der Waals surface area contributed by atoms with E-state index in [4.69, 9.17) is 14.7 Å². The quantitative estimate of drug-likeness (QED) is 0.831.